The van der Waals surface area contributed by atoms with Crippen LogP contribution in [0.25, 0.3) is 0 Å². The van der Waals surface area contributed by atoms with Gasteiger partial charge < -0.3 is 19.5 Å². The number of hydrogen-bond donors (Lipinski definition) is 1. The van der Waals surface area contributed by atoms with Gasteiger partial charge >= 0.3 is 12.6 Å². The standard InChI is InChI=1S/C17H14F3NO5/c1-24-14-7-2-10(8-13(14)18)16(23)25-9-15(22)21-11-3-5-12(6-4-11)26-17(19)20/h2-8,17H,9H2,1H3,(H,21,22). The van der Waals surface area contributed by atoms with Crippen molar-refractivity contribution in [3.63, 3.8) is 0 Å². The van der Waals surface area contributed by atoms with Gasteiger partial charge in [0.1, 0.15) is 5.75 Å². The summed E-state index contributed by atoms with van der Waals surface area (Å²) in [6, 6.07) is 8.66. The predicted octanol–water partition coefficient (Wildman–Crippen LogP) is 3.23. The first-order chi connectivity index (χ1) is 12.4. The largest absolute Gasteiger partial charge is 0.494 e. The number of halogens is 3. The van der Waals surface area contributed by atoms with E-state index in [2.05, 4.69) is 10.1 Å². The van der Waals surface area contributed by atoms with Crippen LogP contribution in [0.4, 0.5) is 18.9 Å². The van der Waals surface area contributed by atoms with E-state index in [1.54, 1.807) is 0 Å². The third kappa shape index (κ3) is 5.40. The number of rotatable bonds is 7. The molecule has 0 radical (unpaired) electrons. The molecule has 0 aromatic heterocycles. The van der Waals surface area contributed by atoms with Crippen LogP contribution in [0.5, 0.6) is 11.5 Å². The highest BCUT2D eigenvalue weighted by atomic mass is 19.3. The molecule has 0 aliphatic rings. The lowest BCUT2D eigenvalue weighted by atomic mass is 10.2. The molecule has 0 bridgehead atoms. The van der Waals surface area contributed by atoms with E-state index in [-0.39, 0.29) is 17.1 Å². The van der Waals surface area contributed by atoms with Crippen molar-refractivity contribution < 1.29 is 37.0 Å². The van der Waals surface area contributed by atoms with Crippen LogP contribution in [-0.2, 0) is 9.53 Å². The average molecular weight is 369 g/mol. The number of benzene rings is 2. The molecule has 2 rings (SSSR count). The number of methoxy groups -OCH3 is 1. The van der Waals surface area contributed by atoms with Gasteiger partial charge in [0.15, 0.2) is 18.2 Å². The zero-order valence-corrected chi connectivity index (χ0v) is 13.5. The van der Waals surface area contributed by atoms with Gasteiger partial charge in [0.2, 0.25) is 0 Å². The predicted molar refractivity (Wildman–Crippen MR) is 84.9 cm³/mol. The van der Waals surface area contributed by atoms with Gasteiger partial charge in [-0.15, -0.1) is 0 Å². The van der Waals surface area contributed by atoms with E-state index in [1.165, 1.54) is 43.5 Å². The minimum absolute atomic E-state index is 0.0291. The topological polar surface area (TPSA) is 73.9 Å². The van der Waals surface area contributed by atoms with Crippen molar-refractivity contribution in [3.05, 3.63) is 53.8 Å². The third-order valence-electron chi connectivity index (χ3n) is 3.09. The molecule has 2 aromatic rings. The van der Waals surface area contributed by atoms with Gasteiger partial charge in [-0.2, -0.15) is 8.78 Å². The van der Waals surface area contributed by atoms with E-state index < -0.39 is 30.9 Å². The van der Waals surface area contributed by atoms with Crippen molar-refractivity contribution in [2.24, 2.45) is 0 Å². The molecule has 6 nitrogen and oxygen atoms in total. The molecule has 0 spiro atoms. The Hall–Kier alpha value is -3.23. The van der Waals surface area contributed by atoms with Gasteiger partial charge in [-0.05, 0) is 42.5 Å². The molecule has 0 saturated carbocycles. The van der Waals surface area contributed by atoms with Crippen LogP contribution < -0.4 is 14.8 Å². The Morgan fingerprint density at radius 1 is 1.12 bits per heavy atom. The van der Waals surface area contributed by atoms with Crippen molar-refractivity contribution >= 4 is 17.6 Å². The Labute approximate surface area is 146 Å². The fraction of sp³-hybridized carbons (Fsp3) is 0.176. The van der Waals surface area contributed by atoms with Crippen LogP contribution in [-0.4, -0.2) is 32.2 Å². The van der Waals surface area contributed by atoms with Gasteiger partial charge in [0.25, 0.3) is 5.91 Å². The van der Waals surface area contributed by atoms with E-state index in [1.807, 2.05) is 0 Å². The number of hydrogen-bond acceptors (Lipinski definition) is 5. The number of nitrogens with one attached hydrogen (secondary N) is 1. The van der Waals surface area contributed by atoms with Crippen LogP contribution in [0.2, 0.25) is 0 Å². The highest BCUT2D eigenvalue weighted by molar-refractivity contribution is 5.95. The molecule has 0 aliphatic carbocycles. The second-order valence-corrected chi connectivity index (χ2v) is 4.88. The monoisotopic (exact) mass is 369 g/mol. The SMILES string of the molecule is COc1ccc(C(=O)OCC(=O)Nc2ccc(OC(F)F)cc2)cc1F. The summed E-state index contributed by atoms with van der Waals surface area (Å²) in [5, 5.41) is 2.41. The Morgan fingerprint density at radius 3 is 2.38 bits per heavy atom. The summed E-state index contributed by atoms with van der Waals surface area (Å²) < 4.78 is 51.3. The van der Waals surface area contributed by atoms with Crippen LogP contribution >= 0.6 is 0 Å². The van der Waals surface area contributed by atoms with Crippen LogP contribution in [0, 0.1) is 5.82 Å². The molecule has 0 heterocycles. The lowest BCUT2D eigenvalue weighted by molar-refractivity contribution is -0.119. The summed E-state index contributed by atoms with van der Waals surface area (Å²) in [6.45, 7) is -3.56. The second-order valence-electron chi connectivity index (χ2n) is 4.88. The zero-order valence-electron chi connectivity index (χ0n) is 13.5. The number of ether oxygens (including phenoxy) is 3. The summed E-state index contributed by atoms with van der Waals surface area (Å²) in [4.78, 5) is 23.5. The normalized spacial score (nSPS) is 10.3. The van der Waals surface area contributed by atoms with Crippen molar-refractivity contribution in [1.29, 1.82) is 0 Å². The third-order valence-corrected chi connectivity index (χ3v) is 3.09. The maximum atomic E-state index is 13.5. The van der Waals surface area contributed by atoms with Crippen molar-refractivity contribution in [2.45, 2.75) is 6.61 Å². The van der Waals surface area contributed by atoms with E-state index in [9.17, 15) is 22.8 Å². The first kappa shape index (κ1) is 19.1. The van der Waals surface area contributed by atoms with Gasteiger partial charge in [0.05, 0.1) is 12.7 Å². The summed E-state index contributed by atoms with van der Waals surface area (Å²) >= 11 is 0. The van der Waals surface area contributed by atoms with Crippen molar-refractivity contribution in [2.75, 3.05) is 19.0 Å². The van der Waals surface area contributed by atoms with E-state index in [4.69, 9.17) is 9.47 Å². The van der Waals surface area contributed by atoms with Crippen molar-refractivity contribution in [3.8, 4) is 11.5 Å². The molecule has 0 saturated heterocycles. The summed E-state index contributed by atoms with van der Waals surface area (Å²) in [5.74, 6) is -2.38. The molecule has 26 heavy (non-hydrogen) atoms. The van der Waals surface area contributed by atoms with E-state index in [0.717, 1.165) is 6.07 Å². The Morgan fingerprint density at radius 2 is 1.81 bits per heavy atom. The molecule has 138 valence electrons. The molecule has 2 aromatic carbocycles. The first-order valence-electron chi connectivity index (χ1n) is 7.24. The fourth-order valence-electron chi connectivity index (χ4n) is 1.92. The number of amides is 1. The zero-order chi connectivity index (χ0) is 19.1. The van der Waals surface area contributed by atoms with Gasteiger partial charge in [-0.25, -0.2) is 9.18 Å². The summed E-state index contributed by atoms with van der Waals surface area (Å²) in [7, 11) is 1.28. The fourth-order valence-corrected chi connectivity index (χ4v) is 1.92. The Balaban J connectivity index is 1.86. The number of alkyl halides is 2. The second kappa shape index (κ2) is 8.75. The summed E-state index contributed by atoms with van der Waals surface area (Å²) in [5.41, 5.74) is 0.216. The number of carbonyl (C=O) groups excluding carboxylic acids is 2. The molecular weight excluding hydrogens is 355 g/mol. The first-order valence-corrected chi connectivity index (χ1v) is 7.24. The Bertz CT molecular complexity index is 780. The lowest BCUT2D eigenvalue weighted by Gasteiger charge is -2.09. The van der Waals surface area contributed by atoms with Crippen LogP contribution in [0.3, 0.4) is 0 Å². The van der Waals surface area contributed by atoms with Crippen LogP contribution in [0.15, 0.2) is 42.5 Å². The van der Waals surface area contributed by atoms with Gasteiger partial charge in [-0.1, -0.05) is 0 Å². The van der Waals surface area contributed by atoms with E-state index in [0.29, 0.717) is 5.69 Å². The molecule has 9 heteroatoms. The molecule has 0 fully saturated rings. The minimum atomic E-state index is -2.95. The average Bonchev–Trinajstić information content (AvgIpc) is 2.61. The highest BCUT2D eigenvalue weighted by Gasteiger charge is 2.13. The number of esters is 1. The molecular formula is C17H14F3NO5. The van der Waals surface area contributed by atoms with E-state index >= 15 is 0 Å². The smallest absolute Gasteiger partial charge is 0.387 e. The molecule has 1 amide bonds. The molecule has 0 unspecified atom stereocenters. The lowest BCUT2D eigenvalue weighted by Crippen LogP contribution is -2.21. The maximum absolute atomic E-state index is 13.5. The molecule has 1 N–H and O–H groups in total. The van der Waals surface area contributed by atoms with Gasteiger partial charge in [0, 0.05) is 5.69 Å². The maximum Gasteiger partial charge on any atom is 0.387 e. The minimum Gasteiger partial charge on any atom is -0.494 e. The molecule has 0 aliphatic heterocycles. The molecule has 0 atom stereocenters. The quantitative estimate of drug-likeness (QED) is 0.759. The highest BCUT2D eigenvalue weighted by Crippen LogP contribution is 2.19. The number of anilines is 1. The Kier molecular flexibility index (Phi) is 6.42. The van der Waals surface area contributed by atoms with Crippen molar-refractivity contribution in [1.82, 2.24) is 0 Å². The van der Waals surface area contributed by atoms with Gasteiger partial charge in [-0.3, -0.25) is 4.79 Å². The summed E-state index contributed by atoms with van der Waals surface area (Å²) in [6.07, 6.45) is 0. The number of carbonyl (C=O) groups is 2. The van der Waals surface area contributed by atoms with Crippen LogP contribution in [0.1, 0.15) is 10.4 Å².